The molecule has 0 spiro atoms. The highest BCUT2D eigenvalue weighted by molar-refractivity contribution is 7.90. The van der Waals surface area contributed by atoms with Crippen molar-refractivity contribution in [3.63, 3.8) is 0 Å². The number of alkyl carbamates (subject to hydrolysis) is 2. The summed E-state index contributed by atoms with van der Waals surface area (Å²) in [7, 11) is -0.974. The molecule has 67 heavy (non-hydrogen) atoms. The Morgan fingerprint density at radius 3 is 1.28 bits per heavy atom. The Hall–Kier alpha value is -6.17. The summed E-state index contributed by atoms with van der Waals surface area (Å²) in [5, 5.41) is 11.3. The van der Waals surface area contributed by atoms with Crippen molar-refractivity contribution in [2.24, 2.45) is 10.8 Å². The number of hydrogen-bond donors (Lipinski definition) is 4. The van der Waals surface area contributed by atoms with E-state index in [4.69, 9.17) is 9.47 Å². The Kier molecular flexibility index (Phi) is 15.3. The van der Waals surface area contributed by atoms with E-state index in [1.54, 1.807) is 12.1 Å². The van der Waals surface area contributed by atoms with Crippen molar-refractivity contribution in [1.29, 1.82) is 0 Å². The van der Waals surface area contributed by atoms with Crippen LogP contribution in [0.3, 0.4) is 0 Å². The van der Waals surface area contributed by atoms with Gasteiger partial charge in [-0.15, -0.1) is 0 Å². The number of likely N-dealkylation sites (tertiary alicyclic amines) is 2. The van der Waals surface area contributed by atoms with E-state index in [2.05, 4.69) is 26.2 Å². The second kappa shape index (κ2) is 20.4. The number of carbonyl (C=O) groups is 6. The molecule has 6 atom stereocenters. The summed E-state index contributed by atoms with van der Waals surface area (Å²) in [6.07, 6.45) is 3.45. The van der Waals surface area contributed by atoms with Crippen LogP contribution in [0.1, 0.15) is 103 Å². The molecule has 6 amide bonds. The van der Waals surface area contributed by atoms with E-state index >= 15 is 0 Å². The van der Waals surface area contributed by atoms with Gasteiger partial charge in [-0.05, 0) is 109 Å². The first kappa shape index (κ1) is 50.2. The first-order valence-electron chi connectivity index (χ1n) is 22.7. The van der Waals surface area contributed by atoms with E-state index in [1.165, 1.54) is 30.3 Å². The predicted molar refractivity (Wildman–Crippen MR) is 254 cm³/mol. The molecule has 3 aliphatic heterocycles. The molecule has 0 saturated carbocycles. The maximum Gasteiger partial charge on any atom is 0.407 e. The van der Waals surface area contributed by atoms with Crippen LogP contribution in [0.4, 0.5) is 26.7 Å². The van der Waals surface area contributed by atoms with Crippen molar-refractivity contribution in [2.75, 3.05) is 49.1 Å². The summed E-state index contributed by atoms with van der Waals surface area (Å²) in [6.45, 7) is 11.8. The van der Waals surface area contributed by atoms with Crippen LogP contribution in [0.25, 0.3) is 0 Å². The lowest BCUT2D eigenvalue weighted by atomic mass is 9.85. The molecule has 3 aliphatic rings. The van der Waals surface area contributed by atoms with Gasteiger partial charge in [-0.3, -0.25) is 19.2 Å². The van der Waals surface area contributed by atoms with Gasteiger partial charge < -0.3 is 45.4 Å². The lowest BCUT2D eigenvalue weighted by Crippen LogP contribution is -2.57. The number of anilines is 3. The zero-order chi connectivity index (χ0) is 49.0. The first-order valence-corrected chi connectivity index (χ1v) is 24.6. The SMILES string of the molecule is COC(=O)NC(C(=O)N1CCCC1C(=O)Nc1ccc(C2CCC(c3ccc(NC(=O)C4CCCN4C(=O)C(NC(=O)OC)C(C)(C)C)cc3)N2c2ccc(S(C)(=O)=O)cc2)cc1)C(C)(C)C. The summed E-state index contributed by atoms with van der Waals surface area (Å²) in [5.41, 5.74) is 2.60. The molecule has 3 aromatic rings. The van der Waals surface area contributed by atoms with E-state index in [1.807, 2.05) is 102 Å². The Labute approximate surface area is 393 Å². The smallest absolute Gasteiger partial charge is 0.407 e. The minimum atomic E-state index is -3.44. The van der Waals surface area contributed by atoms with Crippen molar-refractivity contribution in [1.82, 2.24) is 20.4 Å². The Morgan fingerprint density at radius 2 is 0.955 bits per heavy atom. The molecular weight excluding hydrogens is 879 g/mol. The zero-order valence-electron chi connectivity index (χ0n) is 39.9. The highest BCUT2D eigenvalue weighted by atomic mass is 32.2. The van der Waals surface area contributed by atoms with E-state index in [9.17, 15) is 37.2 Å². The third kappa shape index (κ3) is 11.7. The molecule has 0 bridgehead atoms. The van der Waals surface area contributed by atoms with Crippen LogP contribution in [0.5, 0.6) is 0 Å². The van der Waals surface area contributed by atoms with E-state index in [0.717, 1.165) is 29.7 Å². The van der Waals surface area contributed by atoms with Crippen molar-refractivity contribution >= 4 is 62.7 Å². The maximum absolute atomic E-state index is 13.8. The number of sulfone groups is 1. The van der Waals surface area contributed by atoms with Gasteiger partial charge in [0.2, 0.25) is 23.6 Å². The van der Waals surface area contributed by atoms with E-state index in [0.29, 0.717) is 50.1 Å². The van der Waals surface area contributed by atoms with Crippen LogP contribution in [-0.4, -0.2) is 112 Å². The summed E-state index contributed by atoms with van der Waals surface area (Å²) >= 11 is 0. The molecule has 0 aliphatic carbocycles. The van der Waals surface area contributed by atoms with Crippen molar-refractivity contribution in [3.8, 4) is 0 Å². The van der Waals surface area contributed by atoms with Crippen LogP contribution in [0.15, 0.2) is 77.7 Å². The minimum absolute atomic E-state index is 0.130. The number of carbonyl (C=O) groups excluding carboxylic acids is 6. The van der Waals surface area contributed by atoms with Gasteiger partial charge in [0.25, 0.3) is 0 Å². The van der Waals surface area contributed by atoms with E-state index < -0.39 is 57.0 Å². The third-order valence-corrected chi connectivity index (χ3v) is 14.0. The van der Waals surface area contributed by atoms with Gasteiger partial charge in [-0.1, -0.05) is 65.8 Å². The average molecular weight is 944 g/mol. The molecular formula is C49H65N7O10S. The topological polar surface area (TPSA) is 213 Å². The lowest BCUT2D eigenvalue weighted by Gasteiger charge is -2.35. The summed E-state index contributed by atoms with van der Waals surface area (Å²) in [4.78, 5) is 84.8. The largest absolute Gasteiger partial charge is 0.453 e. The number of rotatable bonds is 12. The van der Waals surface area contributed by atoms with Gasteiger partial charge in [-0.2, -0.15) is 0 Å². The van der Waals surface area contributed by atoms with Crippen LogP contribution < -0.4 is 26.2 Å². The summed E-state index contributed by atoms with van der Waals surface area (Å²) < 4.78 is 34.4. The molecule has 0 aromatic heterocycles. The number of ether oxygens (including phenoxy) is 2. The monoisotopic (exact) mass is 943 g/mol. The predicted octanol–water partition coefficient (Wildman–Crippen LogP) is 6.57. The Morgan fingerprint density at radius 1 is 0.582 bits per heavy atom. The highest BCUT2D eigenvalue weighted by Crippen LogP contribution is 2.47. The average Bonchev–Trinajstić information content (AvgIpc) is 4.07. The van der Waals surface area contributed by atoms with Crippen LogP contribution in [-0.2, 0) is 38.5 Å². The quantitative estimate of drug-likeness (QED) is 0.152. The fraction of sp³-hybridized carbons (Fsp3) is 0.510. The number of methoxy groups -OCH3 is 2. The fourth-order valence-electron chi connectivity index (χ4n) is 9.31. The lowest BCUT2D eigenvalue weighted by molar-refractivity contribution is -0.140. The molecule has 3 heterocycles. The summed E-state index contributed by atoms with van der Waals surface area (Å²) in [5.74, 6) is -1.35. The van der Waals surface area contributed by atoms with Crippen molar-refractivity contribution < 1.29 is 46.7 Å². The molecule has 3 aromatic carbocycles. The van der Waals surface area contributed by atoms with Gasteiger partial charge in [0, 0.05) is 36.4 Å². The normalized spacial score (nSPS) is 20.7. The van der Waals surface area contributed by atoms with Crippen molar-refractivity contribution in [2.45, 2.75) is 121 Å². The molecule has 6 rings (SSSR count). The van der Waals surface area contributed by atoms with Crippen LogP contribution >= 0.6 is 0 Å². The third-order valence-electron chi connectivity index (χ3n) is 12.9. The van der Waals surface area contributed by atoms with Gasteiger partial charge in [0.15, 0.2) is 9.84 Å². The molecule has 362 valence electrons. The standard InChI is InChI=1S/C49H65N7O10S/c1-48(2,3)40(52-46(61)65-7)44(59)54-28-10-12-38(54)42(57)50-32-18-14-30(15-19-32)36-26-27-37(56(36)34-22-24-35(25-23-34)67(9,63)64)31-16-20-33(21-17-31)51-43(58)39-13-11-29-55(39)45(60)41(49(4,5)6)53-47(62)66-8/h14-25,36-41H,10-13,26-29H2,1-9H3,(H,50,57)(H,51,58)(H,52,61)(H,53,62). The van der Waals surface area contributed by atoms with Gasteiger partial charge >= 0.3 is 12.2 Å². The van der Waals surface area contributed by atoms with Gasteiger partial charge in [-0.25, -0.2) is 18.0 Å². The van der Waals surface area contributed by atoms with Gasteiger partial charge in [0.1, 0.15) is 24.2 Å². The molecule has 3 saturated heterocycles. The summed E-state index contributed by atoms with van der Waals surface area (Å²) in [6, 6.07) is 18.5. The Bertz CT molecular complexity index is 2280. The molecule has 3 fully saturated rings. The number of benzene rings is 3. The number of nitrogens with one attached hydrogen (secondary N) is 4. The number of nitrogens with zero attached hydrogens (tertiary/aromatic N) is 3. The molecule has 17 nitrogen and oxygen atoms in total. The highest BCUT2D eigenvalue weighted by Gasteiger charge is 2.44. The Balaban J connectivity index is 1.18. The maximum atomic E-state index is 13.8. The number of hydrogen-bond acceptors (Lipinski definition) is 11. The zero-order valence-corrected chi connectivity index (χ0v) is 40.7. The van der Waals surface area contributed by atoms with Crippen LogP contribution in [0, 0.1) is 10.8 Å². The molecule has 0 radical (unpaired) electrons. The second-order valence-electron chi connectivity index (χ2n) is 19.8. The van der Waals surface area contributed by atoms with E-state index in [-0.39, 0.29) is 40.6 Å². The molecule has 4 N–H and O–H groups in total. The van der Waals surface area contributed by atoms with Crippen LogP contribution in [0.2, 0.25) is 0 Å². The second-order valence-corrected chi connectivity index (χ2v) is 21.8. The number of amides is 6. The molecule has 18 heteroatoms. The first-order chi connectivity index (χ1) is 31.5. The minimum Gasteiger partial charge on any atom is -0.453 e. The fourth-order valence-corrected chi connectivity index (χ4v) is 9.94. The molecule has 6 unspecified atom stereocenters. The van der Waals surface area contributed by atoms with Gasteiger partial charge in [0.05, 0.1) is 31.2 Å². The van der Waals surface area contributed by atoms with Crippen molar-refractivity contribution in [3.05, 3.63) is 83.9 Å².